The molecule has 0 aliphatic heterocycles. The van der Waals surface area contributed by atoms with Crippen molar-refractivity contribution in [2.75, 3.05) is 5.32 Å². The van der Waals surface area contributed by atoms with Crippen LogP contribution in [0.4, 0.5) is 5.69 Å². The van der Waals surface area contributed by atoms with Gasteiger partial charge in [0.25, 0.3) is 5.91 Å². The second-order valence-electron chi connectivity index (χ2n) is 9.18. The van der Waals surface area contributed by atoms with E-state index in [9.17, 15) is 19.5 Å². The minimum absolute atomic E-state index is 0.128. The standard InChI is InChI=1S/C32H29NO5/c1-22-7-11-26(12-8-22)31(35)33-28-15-13-25(14-16-28)30(34)20-27(32(36)37)19-23-9-17-29(18-10-23)38-21-24-5-3-2-4-6-24/h2-18,27H,19-21H2,1H3,(H,33,35)(H,36,37). The van der Waals surface area contributed by atoms with Crippen LogP contribution in [-0.4, -0.2) is 22.8 Å². The minimum atomic E-state index is -1.02. The number of hydrogen-bond acceptors (Lipinski definition) is 4. The number of carbonyl (C=O) groups is 3. The van der Waals surface area contributed by atoms with Crippen molar-refractivity contribution in [3.05, 3.63) is 131 Å². The van der Waals surface area contributed by atoms with E-state index in [1.54, 1.807) is 36.4 Å². The highest BCUT2D eigenvalue weighted by Gasteiger charge is 2.22. The first kappa shape index (κ1) is 26.4. The molecule has 0 aromatic heterocycles. The molecule has 1 unspecified atom stereocenters. The van der Waals surface area contributed by atoms with Crippen LogP contribution in [0, 0.1) is 12.8 Å². The van der Waals surface area contributed by atoms with E-state index in [4.69, 9.17) is 4.74 Å². The number of carboxylic acids is 1. The lowest BCUT2D eigenvalue weighted by molar-refractivity contribution is -0.141. The summed E-state index contributed by atoms with van der Waals surface area (Å²) < 4.78 is 5.79. The largest absolute Gasteiger partial charge is 0.489 e. The minimum Gasteiger partial charge on any atom is -0.489 e. The zero-order valence-electron chi connectivity index (χ0n) is 21.1. The summed E-state index contributed by atoms with van der Waals surface area (Å²) in [5, 5.41) is 12.5. The Morgan fingerprint density at radius 2 is 1.39 bits per heavy atom. The summed E-state index contributed by atoms with van der Waals surface area (Å²) in [6.45, 7) is 2.39. The number of amides is 1. The van der Waals surface area contributed by atoms with Crippen molar-refractivity contribution in [1.82, 2.24) is 0 Å². The molecule has 192 valence electrons. The van der Waals surface area contributed by atoms with E-state index < -0.39 is 11.9 Å². The Hall–Kier alpha value is -4.71. The Morgan fingerprint density at radius 1 is 0.763 bits per heavy atom. The van der Waals surface area contributed by atoms with Crippen molar-refractivity contribution >= 4 is 23.3 Å². The van der Waals surface area contributed by atoms with Crippen LogP contribution in [0.5, 0.6) is 5.75 Å². The fourth-order valence-corrected chi connectivity index (χ4v) is 3.98. The molecule has 6 heteroatoms. The number of ketones is 1. The lowest BCUT2D eigenvalue weighted by Gasteiger charge is -2.13. The van der Waals surface area contributed by atoms with Crippen LogP contribution in [0.25, 0.3) is 0 Å². The van der Waals surface area contributed by atoms with Gasteiger partial charge in [-0.2, -0.15) is 0 Å². The molecule has 0 aliphatic carbocycles. The molecule has 0 saturated carbocycles. The Balaban J connectivity index is 1.32. The summed E-state index contributed by atoms with van der Waals surface area (Å²) in [5.41, 5.74) is 4.42. The third kappa shape index (κ3) is 7.40. The van der Waals surface area contributed by atoms with Crippen LogP contribution in [0.1, 0.15) is 43.8 Å². The average Bonchev–Trinajstić information content (AvgIpc) is 2.93. The molecule has 0 radical (unpaired) electrons. The second-order valence-corrected chi connectivity index (χ2v) is 9.18. The molecule has 4 aromatic carbocycles. The van der Waals surface area contributed by atoms with Crippen molar-refractivity contribution < 1.29 is 24.2 Å². The SMILES string of the molecule is Cc1ccc(C(=O)Nc2ccc(C(=O)CC(Cc3ccc(OCc4ccccc4)cc3)C(=O)O)cc2)cc1. The molecule has 38 heavy (non-hydrogen) atoms. The predicted octanol–water partition coefficient (Wildman–Crippen LogP) is 6.34. The van der Waals surface area contributed by atoms with E-state index in [0.717, 1.165) is 16.7 Å². The van der Waals surface area contributed by atoms with Gasteiger partial charge in [-0.3, -0.25) is 14.4 Å². The van der Waals surface area contributed by atoms with Gasteiger partial charge < -0.3 is 15.2 Å². The highest BCUT2D eigenvalue weighted by molar-refractivity contribution is 6.04. The molecule has 0 spiro atoms. The van der Waals surface area contributed by atoms with Gasteiger partial charge in [-0.05, 0) is 73.0 Å². The quantitative estimate of drug-likeness (QED) is 0.231. The fraction of sp³-hybridized carbons (Fsp3) is 0.156. The van der Waals surface area contributed by atoms with E-state index in [2.05, 4.69) is 5.32 Å². The summed E-state index contributed by atoms with van der Waals surface area (Å²) >= 11 is 0. The number of aryl methyl sites for hydroxylation is 1. The Kier molecular flexibility index (Phi) is 8.67. The molecular weight excluding hydrogens is 478 g/mol. The molecule has 0 aliphatic rings. The van der Waals surface area contributed by atoms with E-state index in [1.807, 2.05) is 73.7 Å². The molecule has 4 aromatic rings. The monoisotopic (exact) mass is 507 g/mol. The van der Waals surface area contributed by atoms with Gasteiger partial charge in [0.15, 0.2) is 5.78 Å². The van der Waals surface area contributed by atoms with E-state index in [1.165, 1.54) is 0 Å². The fourth-order valence-electron chi connectivity index (χ4n) is 3.98. The van der Waals surface area contributed by atoms with Crippen LogP contribution in [0.15, 0.2) is 103 Å². The van der Waals surface area contributed by atoms with E-state index in [-0.39, 0.29) is 24.5 Å². The maximum atomic E-state index is 12.8. The molecule has 1 amide bonds. The topological polar surface area (TPSA) is 92.7 Å². The number of benzene rings is 4. The van der Waals surface area contributed by atoms with Gasteiger partial charge >= 0.3 is 5.97 Å². The summed E-state index contributed by atoms with van der Waals surface area (Å²) in [5.74, 6) is -1.71. The second kappa shape index (κ2) is 12.5. The van der Waals surface area contributed by atoms with Crippen molar-refractivity contribution in [2.24, 2.45) is 5.92 Å². The first-order chi connectivity index (χ1) is 18.4. The maximum Gasteiger partial charge on any atom is 0.307 e. The summed E-state index contributed by atoms with van der Waals surface area (Å²) in [6.07, 6.45) is 0.0986. The Labute approximate surface area is 221 Å². The smallest absolute Gasteiger partial charge is 0.307 e. The highest BCUT2D eigenvalue weighted by atomic mass is 16.5. The van der Waals surface area contributed by atoms with E-state index >= 15 is 0 Å². The molecule has 4 rings (SSSR count). The summed E-state index contributed by atoms with van der Waals surface area (Å²) in [6, 6.07) is 30.8. The first-order valence-corrected chi connectivity index (χ1v) is 12.4. The molecule has 0 bridgehead atoms. The first-order valence-electron chi connectivity index (χ1n) is 12.4. The molecule has 6 nitrogen and oxygen atoms in total. The normalized spacial score (nSPS) is 11.4. The zero-order chi connectivity index (χ0) is 26.9. The van der Waals surface area contributed by atoms with Crippen LogP contribution >= 0.6 is 0 Å². The molecule has 0 saturated heterocycles. The number of Topliss-reactive ketones (excluding diaryl/α,β-unsaturated/α-hetero) is 1. The van der Waals surface area contributed by atoms with Crippen molar-refractivity contribution in [2.45, 2.75) is 26.4 Å². The van der Waals surface area contributed by atoms with Gasteiger partial charge in [0.05, 0.1) is 5.92 Å². The molecule has 0 heterocycles. The van der Waals surface area contributed by atoms with Gasteiger partial charge in [0.2, 0.25) is 0 Å². The van der Waals surface area contributed by atoms with Crippen LogP contribution in [-0.2, 0) is 17.8 Å². The Bertz CT molecular complexity index is 1380. The van der Waals surface area contributed by atoms with Gasteiger partial charge in [-0.25, -0.2) is 0 Å². The highest BCUT2D eigenvalue weighted by Crippen LogP contribution is 2.21. The molecule has 0 fully saturated rings. The number of ether oxygens (including phenoxy) is 1. The Morgan fingerprint density at radius 3 is 2.03 bits per heavy atom. The molecular formula is C32H29NO5. The number of aliphatic carboxylic acids is 1. The molecule has 1 atom stereocenters. The van der Waals surface area contributed by atoms with Gasteiger partial charge in [-0.1, -0.05) is 60.2 Å². The van der Waals surface area contributed by atoms with Crippen molar-refractivity contribution in [3.8, 4) is 5.75 Å². The maximum absolute atomic E-state index is 12.8. The van der Waals surface area contributed by atoms with Gasteiger partial charge in [0, 0.05) is 23.2 Å². The zero-order valence-corrected chi connectivity index (χ0v) is 21.1. The summed E-state index contributed by atoms with van der Waals surface area (Å²) in [7, 11) is 0. The predicted molar refractivity (Wildman–Crippen MR) is 147 cm³/mol. The lowest BCUT2D eigenvalue weighted by atomic mass is 9.92. The number of carboxylic acid groups (broad SMARTS) is 1. The van der Waals surface area contributed by atoms with Crippen molar-refractivity contribution in [3.63, 3.8) is 0 Å². The van der Waals surface area contributed by atoms with Crippen LogP contribution < -0.4 is 10.1 Å². The number of nitrogens with one attached hydrogen (secondary N) is 1. The third-order valence-electron chi connectivity index (χ3n) is 6.21. The third-order valence-corrected chi connectivity index (χ3v) is 6.21. The van der Waals surface area contributed by atoms with Gasteiger partial charge in [0.1, 0.15) is 12.4 Å². The summed E-state index contributed by atoms with van der Waals surface area (Å²) in [4.78, 5) is 37.2. The average molecular weight is 508 g/mol. The number of hydrogen-bond donors (Lipinski definition) is 2. The van der Waals surface area contributed by atoms with Crippen LogP contribution in [0.3, 0.4) is 0 Å². The van der Waals surface area contributed by atoms with E-state index in [0.29, 0.717) is 29.2 Å². The van der Waals surface area contributed by atoms with Crippen LogP contribution in [0.2, 0.25) is 0 Å². The lowest BCUT2D eigenvalue weighted by Crippen LogP contribution is -2.20. The van der Waals surface area contributed by atoms with Crippen molar-refractivity contribution in [1.29, 1.82) is 0 Å². The molecule has 2 N–H and O–H groups in total. The number of anilines is 1. The number of carbonyl (C=O) groups excluding carboxylic acids is 2. The van der Waals surface area contributed by atoms with Gasteiger partial charge in [-0.15, -0.1) is 0 Å². The number of rotatable bonds is 11.